The van der Waals surface area contributed by atoms with Crippen molar-refractivity contribution < 1.29 is 14.7 Å². The number of nitrogens with one attached hydrogen (secondary N) is 2. The fraction of sp³-hybridized carbons (Fsp3) is 0.333. The molecule has 0 aromatic heterocycles. The van der Waals surface area contributed by atoms with Gasteiger partial charge in [-0.25, -0.2) is 0 Å². The molecule has 1 aromatic carbocycles. The second-order valence-corrected chi connectivity index (χ2v) is 4.49. The number of para-hydroxylation sites is 2. The molecule has 0 spiro atoms. The summed E-state index contributed by atoms with van der Waals surface area (Å²) in [5.41, 5.74) is -0.391. The highest BCUT2D eigenvalue weighted by atomic mass is 16.3. The molecule has 0 bridgehead atoms. The summed E-state index contributed by atoms with van der Waals surface area (Å²) in [7, 11) is 0. The molecule has 1 aromatic rings. The fourth-order valence-electron chi connectivity index (χ4n) is 1.79. The van der Waals surface area contributed by atoms with E-state index in [-0.39, 0.29) is 24.0 Å². The van der Waals surface area contributed by atoms with E-state index in [1.165, 1.54) is 6.07 Å². The highest BCUT2D eigenvalue weighted by molar-refractivity contribution is 6.00. The van der Waals surface area contributed by atoms with Gasteiger partial charge in [-0.1, -0.05) is 12.1 Å². The Bertz CT molecular complexity index is 473. The topological polar surface area (TPSA) is 78.4 Å². The zero-order valence-electron chi connectivity index (χ0n) is 9.49. The van der Waals surface area contributed by atoms with Gasteiger partial charge in [-0.3, -0.25) is 9.59 Å². The van der Waals surface area contributed by atoms with E-state index in [1.54, 1.807) is 25.1 Å². The molecule has 0 radical (unpaired) electrons. The Morgan fingerprint density at radius 2 is 2.18 bits per heavy atom. The van der Waals surface area contributed by atoms with Gasteiger partial charge in [0.05, 0.1) is 11.1 Å². The lowest BCUT2D eigenvalue weighted by atomic mass is 9.88. The number of benzene rings is 1. The number of amides is 2. The minimum absolute atomic E-state index is 0.0155. The van der Waals surface area contributed by atoms with Gasteiger partial charge in [0.25, 0.3) is 0 Å². The van der Waals surface area contributed by atoms with Crippen LogP contribution in [0.15, 0.2) is 24.3 Å². The standard InChI is InChI=1S/C12H14N2O3/c1-12(6-10(16)13-7-12)11(17)14-8-4-2-3-5-9(8)15/h2-5,15H,6-7H2,1H3,(H,13,16)(H,14,17). The van der Waals surface area contributed by atoms with Crippen molar-refractivity contribution in [3.05, 3.63) is 24.3 Å². The average Bonchev–Trinajstić information content (AvgIpc) is 2.63. The van der Waals surface area contributed by atoms with Crippen molar-refractivity contribution >= 4 is 17.5 Å². The van der Waals surface area contributed by atoms with Crippen LogP contribution in [0.5, 0.6) is 5.75 Å². The molecule has 1 heterocycles. The summed E-state index contributed by atoms with van der Waals surface area (Å²) in [6.45, 7) is 2.05. The first-order valence-electron chi connectivity index (χ1n) is 5.37. The molecule has 1 aliphatic heterocycles. The van der Waals surface area contributed by atoms with Crippen LogP contribution >= 0.6 is 0 Å². The molecule has 5 nitrogen and oxygen atoms in total. The van der Waals surface area contributed by atoms with E-state index < -0.39 is 5.41 Å². The number of rotatable bonds is 2. The second kappa shape index (κ2) is 4.08. The van der Waals surface area contributed by atoms with Crippen molar-refractivity contribution in [3.8, 4) is 5.75 Å². The highest BCUT2D eigenvalue weighted by Gasteiger charge is 2.40. The van der Waals surface area contributed by atoms with Gasteiger partial charge in [0, 0.05) is 13.0 Å². The number of carbonyl (C=O) groups is 2. The average molecular weight is 234 g/mol. The SMILES string of the molecule is CC1(C(=O)Nc2ccccc2O)CNC(=O)C1. The van der Waals surface area contributed by atoms with Crippen molar-refractivity contribution in [2.24, 2.45) is 5.41 Å². The quantitative estimate of drug-likeness (QED) is 0.664. The minimum atomic E-state index is -0.751. The molecule has 0 aliphatic carbocycles. The monoisotopic (exact) mass is 234 g/mol. The Balaban J connectivity index is 2.12. The Morgan fingerprint density at radius 1 is 1.47 bits per heavy atom. The molecule has 2 rings (SSSR count). The van der Waals surface area contributed by atoms with E-state index in [1.807, 2.05) is 0 Å². The third-order valence-electron chi connectivity index (χ3n) is 2.93. The number of phenolic OH excluding ortho intramolecular Hbond substituents is 1. The van der Waals surface area contributed by atoms with Crippen molar-refractivity contribution in [2.45, 2.75) is 13.3 Å². The van der Waals surface area contributed by atoms with Gasteiger partial charge in [0.1, 0.15) is 5.75 Å². The van der Waals surface area contributed by atoms with Gasteiger partial charge < -0.3 is 15.7 Å². The largest absolute Gasteiger partial charge is 0.506 e. The van der Waals surface area contributed by atoms with E-state index in [9.17, 15) is 14.7 Å². The summed E-state index contributed by atoms with van der Waals surface area (Å²) in [5, 5.41) is 14.8. The third kappa shape index (κ3) is 2.22. The molecule has 1 unspecified atom stereocenters. The Kier molecular flexibility index (Phi) is 2.75. The van der Waals surface area contributed by atoms with E-state index in [2.05, 4.69) is 10.6 Å². The number of hydrogen-bond acceptors (Lipinski definition) is 3. The van der Waals surface area contributed by atoms with Gasteiger partial charge in [0.15, 0.2) is 0 Å². The molecule has 1 saturated heterocycles. The van der Waals surface area contributed by atoms with E-state index in [0.717, 1.165) is 0 Å². The summed E-state index contributed by atoms with van der Waals surface area (Å²) >= 11 is 0. The Labute approximate surface area is 98.8 Å². The maximum Gasteiger partial charge on any atom is 0.232 e. The molecule has 17 heavy (non-hydrogen) atoms. The molecule has 90 valence electrons. The molecule has 5 heteroatoms. The van der Waals surface area contributed by atoms with E-state index >= 15 is 0 Å². The van der Waals surface area contributed by atoms with Gasteiger partial charge in [-0.15, -0.1) is 0 Å². The van der Waals surface area contributed by atoms with Crippen molar-refractivity contribution in [1.82, 2.24) is 5.32 Å². The number of phenols is 1. The molecule has 1 aliphatic rings. The van der Waals surface area contributed by atoms with Crippen LogP contribution in [0.1, 0.15) is 13.3 Å². The molecule has 2 amide bonds. The van der Waals surface area contributed by atoms with E-state index in [4.69, 9.17) is 0 Å². The van der Waals surface area contributed by atoms with Crippen LogP contribution in [0.4, 0.5) is 5.69 Å². The summed E-state index contributed by atoms with van der Waals surface area (Å²) in [6.07, 6.45) is 0.173. The third-order valence-corrected chi connectivity index (χ3v) is 2.93. The molecule has 3 N–H and O–H groups in total. The Hall–Kier alpha value is -2.04. The number of carbonyl (C=O) groups excluding carboxylic acids is 2. The summed E-state index contributed by atoms with van der Waals surface area (Å²) < 4.78 is 0. The van der Waals surface area contributed by atoms with Gasteiger partial charge in [0.2, 0.25) is 11.8 Å². The van der Waals surface area contributed by atoms with Crippen LogP contribution in [0.2, 0.25) is 0 Å². The predicted molar refractivity (Wildman–Crippen MR) is 62.5 cm³/mol. The van der Waals surface area contributed by atoms with Crippen LogP contribution in [0.25, 0.3) is 0 Å². The number of aromatic hydroxyl groups is 1. The van der Waals surface area contributed by atoms with Crippen LogP contribution in [-0.4, -0.2) is 23.5 Å². The zero-order valence-corrected chi connectivity index (χ0v) is 9.49. The van der Waals surface area contributed by atoms with Gasteiger partial charge in [-0.2, -0.15) is 0 Å². The lowest BCUT2D eigenvalue weighted by Crippen LogP contribution is -2.35. The predicted octanol–water partition coefficient (Wildman–Crippen LogP) is 0.857. The maximum atomic E-state index is 12.0. The van der Waals surface area contributed by atoms with Crippen molar-refractivity contribution in [3.63, 3.8) is 0 Å². The van der Waals surface area contributed by atoms with Crippen molar-refractivity contribution in [1.29, 1.82) is 0 Å². The lowest BCUT2D eigenvalue weighted by molar-refractivity contribution is -0.126. The first-order valence-corrected chi connectivity index (χ1v) is 5.37. The summed E-state index contributed by atoms with van der Waals surface area (Å²) in [6, 6.07) is 6.50. The normalized spacial score (nSPS) is 23.2. The molecular formula is C12H14N2O3. The maximum absolute atomic E-state index is 12.0. The van der Waals surface area contributed by atoms with Gasteiger partial charge in [-0.05, 0) is 19.1 Å². The smallest absolute Gasteiger partial charge is 0.232 e. The molecule has 1 fully saturated rings. The van der Waals surface area contributed by atoms with Crippen LogP contribution in [-0.2, 0) is 9.59 Å². The van der Waals surface area contributed by atoms with Crippen LogP contribution < -0.4 is 10.6 Å². The van der Waals surface area contributed by atoms with E-state index in [0.29, 0.717) is 12.2 Å². The van der Waals surface area contributed by atoms with Gasteiger partial charge >= 0.3 is 0 Å². The summed E-state index contributed by atoms with van der Waals surface area (Å²) in [4.78, 5) is 23.2. The second-order valence-electron chi connectivity index (χ2n) is 4.49. The first kappa shape index (κ1) is 11.4. The fourth-order valence-corrected chi connectivity index (χ4v) is 1.79. The van der Waals surface area contributed by atoms with Crippen LogP contribution in [0, 0.1) is 5.41 Å². The molecule has 1 atom stereocenters. The first-order chi connectivity index (χ1) is 8.01. The molecule has 0 saturated carbocycles. The highest BCUT2D eigenvalue weighted by Crippen LogP contribution is 2.29. The number of hydrogen-bond donors (Lipinski definition) is 3. The molecular weight excluding hydrogens is 220 g/mol. The minimum Gasteiger partial charge on any atom is -0.506 e. The summed E-state index contributed by atoms with van der Waals surface area (Å²) in [5.74, 6) is -0.376. The Morgan fingerprint density at radius 3 is 2.76 bits per heavy atom. The van der Waals surface area contributed by atoms with Crippen LogP contribution in [0.3, 0.4) is 0 Å². The number of anilines is 1. The van der Waals surface area contributed by atoms with Crippen molar-refractivity contribution in [2.75, 3.05) is 11.9 Å². The zero-order chi connectivity index (χ0) is 12.5. The lowest BCUT2D eigenvalue weighted by Gasteiger charge is -2.20.